The Labute approximate surface area is 112 Å². The number of hydrazine groups is 2. The van der Waals surface area contributed by atoms with Crippen LogP contribution in [-0.4, -0.2) is 6.54 Å². The van der Waals surface area contributed by atoms with Crippen LogP contribution in [0.2, 0.25) is 0 Å². The van der Waals surface area contributed by atoms with E-state index in [-0.39, 0.29) is 5.41 Å². The minimum Gasteiger partial charge on any atom is -0.329 e. The van der Waals surface area contributed by atoms with E-state index < -0.39 is 0 Å². The standard InChI is InChI=1S/C14H30N4/c1-7-8-9-16-18-13(4)14(5,6)10-11(2)12(3)17-15/h11,16-18H,3-4,7-10,15H2,1-2,5-6H3. The minimum atomic E-state index is -0.0155. The SMILES string of the molecule is C=C(NN)C(C)CC(C)(C)C(=C)NNCCCC. The lowest BCUT2D eigenvalue weighted by molar-refractivity contribution is 0.318. The normalized spacial score (nSPS) is 12.9. The van der Waals surface area contributed by atoms with Crippen molar-refractivity contribution in [2.45, 2.75) is 47.0 Å². The molecule has 18 heavy (non-hydrogen) atoms. The van der Waals surface area contributed by atoms with Gasteiger partial charge in [-0.05, 0) is 18.8 Å². The van der Waals surface area contributed by atoms with Crippen molar-refractivity contribution in [2.75, 3.05) is 6.54 Å². The Morgan fingerprint density at radius 1 is 1.33 bits per heavy atom. The summed E-state index contributed by atoms with van der Waals surface area (Å²) in [6.45, 7) is 17.6. The third-order valence-corrected chi connectivity index (χ3v) is 3.31. The largest absolute Gasteiger partial charge is 0.329 e. The second-order valence-electron chi connectivity index (χ2n) is 5.54. The van der Waals surface area contributed by atoms with Crippen LogP contribution in [0.15, 0.2) is 24.6 Å². The Balaban J connectivity index is 4.18. The van der Waals surface area contributed by atoms with E-state index in [9.17, 15) is 0 Å². The molecular weight excluding hydrogens is 224 g/mol. The smallest absolute Gasteiger partial charge is 0.0246 e. The van der Waals surface area contributed by atoms with Crippen molar-refractivity contribution in [2.24, 2.45) is 17.2 Å². The van der Waals surface area contributed by atoms with E-state index in [0.29, 0.717) is 5.92 Å². The summed E-state index contributed by atoms with van der Waals surface area (Å²) >= 11 is 0. The molecule has 0 radical (unpaired) electrons. The van der Waals surface area contributed by atoms with Crippen LogP contribution in [0.3, 0.4) is 0 Å². The van der Waals surface area contributed by atoms with E-state index >= 15 is 0 Å². The van der Waals surface area contributed by atoms with Gasteiger partial charge >= 0.3 is 0 Å². The number of nitrogens with one attached hydrogen (secondary N) is 3. The molecule has 106 valence electrons. The Morgan fingerprint density at radius 3 is 2.44 bits per heavy atom. The molecule has 1 unspecified atom stereocenters. The van der Waals surface area contributed by atoms with Gasteiger partial charge in [0.2, 0.25) is 0 Å². The molecule has 0 saturated heterocycles. The summed E-state index contributed by atoms with van der Waals surface area (Å²) in [6.07, 6.45) is 3.28. The number of hydrogen-bond donors (Lipinski definition) is 4. The molecule has 0 amide bonds. The first-order chi connectivity index (χ1) is 8.35. The van der Waals surface area contributed by atoms with Crippen LogP contribution in [0.5, 0.6) is 0 Å². The maximum absolute atomic E-state index is 5.38. The van der Waals surface area contributed by atoms with Crippen molar-refractivity contribution in [1.82, 2.24) is 16.3 Å². The summed E-state index contributed by atoms with van der Waals surface area (Å²) in [7, 11) is 0. The van der Waals surface area contributed by atoms with Gasteiger partial charge < -0.3 is 10.9 Å². The van der Waals surface area contributed by atoms with Crippen LogP contribution in [0.25, 0.3) is 0 Å². The zero-order valence-corrected chi connectivity index (χ0v) is 12.4. The highest BCUT2D eigenvalue weighted by molar-refractivity contribution is 5.07. The number of nitrogens with two attached hydrogens (primary N) is 1. The topological polar surface area (TPSA) is 62.1 Å². The van der Waals surface area contributed by atoms with Crippen LogP contribution >= 0.6 is 0 Å². The molecule has 0 aliphatic heterocycles. The highest BCUT2D eigenvalue weighted by Crippen LogP contribution is 2.32. The van der Waals surface area contributed by atoms with Crippen LogP contribution in [-0.2, 0) is 0 Å². The third-order valence-electron chi connectivity index (χ3n) is 3.31. The Morgan fingerprint density at radius 2 is 1.94 bits per heavy atom. The van der Waals surface area contributed by atoms with Crippen molar-refractivity contribution < 1.29 is 0 Å². The zero-order valence-electron chi connectivity index (χ0n) is 12.4. The molecule has 4 heteroatoms. The van der Waals surface area contributed by atoms with E-state index in [1.807, 2.05) is 0 Å². The zero-order chi connectivity index (χ0) is 14.2. The molecule has 0 aromatic heterocycles. The molecular formula is C14H30N4. The van der Waals surface area contributed by atoms with Crippen molar-refractivity contribution in [3.63, 3.8) is 0 Å². The molecule has 1 atom stereocenters. The maximum atomic E-state index is 5.38. The molecule has 0 aliphatic rings. The van der Waals surface area contributed by atoms with Gasteiger partial charge in [0.15, 0.2) is 0 Å². The van der Waals surface area contributed by atoms with E-state index in [4.69, 9.17) is 5.84 Å². The average molecular weight is 254 g/mol. The van der Waals surface area contributed by atoms with E-state index in [1.54, 1.807) is 0 Å². The second kappa shape index (κ2) is 8.16. The summed E-state index contributed by atoms with van der Waals surface area (Å²) in [4.78, 5) is 0. The molecule has 0 rings (SSSR count). The average Bonchev–Trinajstić information content (AvgIpc) is 2.32. The van der Waals surface area contributed by atoms with Crippen LogP contribution < -0.4 is 22.1 Å². The lowest BCUT2D eigenvalue weighted by atomic mass is 9.80. The lowest BCUT2D eigenvalue weighted by Gasteiger charge is -2.31. The van der Waals surface area contributed by atoms with Crippen LogP contribution in [0.1, 0.15) is 47.0 Å². The summed E-state index contributed by atoms with van der Waals surface area (Å²) < 4.78 is 0. The fourth-order valence-corrected chi connectivity index (χ4v) is 1.76. The highest BCUT2D eigenvalue weighted by atomic mass is 15.4. The van der Waals surface area contributed by atoms with E-state index in [1.165, 1.54) is 6.42 Å². The summed E-state index contributed by atoms with van der Waals surface area (Å²) in [6, 6.07) is 0. The number of rotatable bonds is 10. The van der Waals surface area contributed by atoms with Gasteiger partial charge in [-0.25, -0.2) is 5.43 Å². The predicted octanol–water partition coefficient (Wildman–Crippen LogP) is 2.42. The van der Waals surface area contributed by atoms with Gasteiger partial charge in [0, 0.05) is 23.4 Å². The fourth-order valence-electron chi connectivity index (χ4n) is 1.76. The molecule has 5 N–H and O–H groups in total. The maximum Gasteiger partial charge on any atom is 0.0246 e. The number of allylic oxidation sites excluding steroid dienone is 2. The van der Waals surface area contributed by atoms with Crippen LogP contribution in [0, 0.1) is 11.3 Å². The van der Waals surface area contributed by atoms with E-state index in [0.717, 1.165) is 30.8 Å². The molecule has 0 saturated carbocycles. The second-order valence-corrected chi connectivity index (χ2v) is 5.54. The molecule has 0 heterocycles. The first kappa shape index (κ1) is 17.0. The van der Waals surface area contributed by atoms with Gasteiger partial charge in [0.05, 0.1) is 0 Å². The van der Waals surface area contributed by atoms with Gasteiger partial charge in [0.1, 0.15) is 0 Å². The molecule has 0 fully saturated rings. The monoisotopic (exact) mass is 254 g/mol. The first-order valence-electron chi connectivity index (χ1n) is 6.68. The summed E-state index contributed by atoms with van der Waals surface area (Å²) in [5, 5.41) is 0. The van der Waals surface area contributed by atoms with Crippen molar-refractivity contribution in [1.29, 1.82) is 0 Å². The summed E-state index contributed by atoms with van der Waals surface area (Å²) in [5.74, 6) is 5.69. The Hall–Kier alpha value is -1.00. The Bertz CT molecular complexity index is 271. The van der Waals surface area contributed by atoms with Gasteiger partial charge in [-0.15, -0.1) is 0 Å². The third kappa shape index (κ3) is 6.07. The predicted molar refractivity (Wildman–Crippen MR) is 79.2 cm³/mol. The molecule has 0 aromatic rings. The first-order valence-corrected chi connectivity index (χ1v) is 6.68. The van der Waals surface area contributed by atoms with Gasteiger partial charge in [0.25, 0.3) is 0 Å². The molecule has 0 aromatic carbocycles. The van der Waals surface area contributed by atoms with Gasteiger partial charge in [-0.1, -0.05) is 47.3 Å². The number of hydrogen-bond acceptors (Lipinski definition) is 4. The van der Waals surface area contributed by atoms with E-state index in [2.05, 4.69) is 57.1 Å². The van der Waals surface area contributed by atoms with Gasteiger partial charge in [-0.3, -0.25) is 5.84 Å². The quantitative estimate of drug-likeness (QED) is 0.275. The van der Waals surface area contributed by atoms with Crippen molar-refractivity contribution in [3.05, 3.63) is 24.6 Å². The molecule has 4 nitrogen and oxygen atoms in total. The minimum absolute atomic E-state index is 0.0155. The number of unbranched alkanes of at least 4 members (excludes halogenated alkanes) is 1. The lowest BCUT2D eigenvalue weighted by Crippen LogP contribution is -2.38. The molecule has 0 aliphatic carbocycles. The molecule has 0 bridgehead atoms. The fraction of sp³-hybridized carbons (Fsp3) is 0.714. The summed E-state index contributed by atoms with van der Waals surface area (Å²) in [5.41, 5.74) is 10.9. The van der Waals surface area contributed by atoms with Crippen molar-refractivity contribution >= 4 is 0 Å². The van der Waals surface area contributed by atoms with Crippen LogP contribution in [0.4, 0.5) is 0 Å². The molecule has 0 spiro atoms. The van der Waals surface area contributed by atoms with Gasteiger partial charge in [-0.2, -0.15) is 0 Å². The highest BCUT2D eigenvalue weighted by Gasteiger charge is 2.25. The van der Waals surface area contributed by atoms with Crippen molar-refractivity contribution in [3.8, 4) is 0 Å². The Kier molecular flexibility index (Phi) is 7.71.